The molecule has 21 heavy (non-hydrogen) atoms. The minimum absolute atomic E-state index is 0.295. The Labute approximate surface area is 149 Å². The summed E-state index contributed by atoms with van der Waals surface area (Å²) in [5.41, 5.74) is 0. The molecule has 0 aliphatic heterocycles. The third kappa shape index (κ3) is 4.85. The summed E-state index contributed by atoms with van der Waals surface area (Å²) in [4.78, 5) is 2.25. The molecular formula is C12H14Br2N2O2S3. The number of hydrogen-bond donors (Lipinski definition) is 2. The van der Waals surface area contributed by atoms with E-state index in [2.05, 4.69) is 41.9 Å². The van der Waals surface area contributed by atoms with Gasteiger partial charge in [-0.2, -0.15) is 0 Å². The first kappa shape index (κ1) is 17.6. The van der Waals surface area contributed by atoms with E-state index in [1.54, 1.807) is 6.07 Å². The fourth-order valence-corrected chi connectivity index (χ4v) is 6.78. The fraction of sp³-hybridized carbons (Fsp3) is 0.333. The Balaban J connectivity index is 2.09. The van der Waals surface area contributed by atoms with Gasteiger partial charge >= 0.3 is 0 Å². The van der Waals surface area contributed by atoms with Crippen molar-refractivity contribution in [2.24, 2.45) is 0 Å². The Kier molecular flexibility index (Phi) is 6.42. The molecule has 0 saturated heterocycles. The van der Waals surface area contributed by atoms with Crippen molar-refractivity contribution in [3.63, 3.8) is 0 Å². The number of rotatable bonds is 7. The zero-order chi connectivity index (χ0) is 15.5. The summed E-state index contributed by atoms with van der Waals surface area (Å²) in [5.74, 6) is 0. The van der Waals surface area contributed by atoms with Crippen LogP contribution in [0.3, 0.4) is 0 Å². The maximum Gasteiger partial charge on any atom is 0.242 e. The summed E-state index contributed by atoms with van der Waals surface area (Å²) >= 11 is 9.66. The Morgan fingerprint density at radius 1 is 1.14 bits per heavy atom. The third-order valence-electron chi connectivity index (χ3n) is 2.61. The maximum atomic E-state index is 12.4. The number of thiophene rings is 2. The normalized spacial score (nSPS) is 12.0. The van der Waals surface area contributed by atoms with Crippen molar-refractivity contribution in [3.8, 4) is 0 Å². The Hall–Kier alpha value is 0.230. The van der Waals surface area contributed by atoms with Gasteiger partial charge in [0.1, 0.15) is 4.90 Å². The van der Waals surface area contributed by atoms with Gasteiger partial charge in [0.05, 0.1) is 7.57 Å². The molecule has 0 saturated carbocycles. The average Bonchev–Trinajstić information content (AvgIpc) is 3.00. The van der Waals surface area contributed by atoms with Gasteiger partial charge in [-0.1, -0.05) is 6.92 Å². The molecule has 4 nitrogen and oxygen atoms in total. The van der Waals surface area contributed by atoms with E-state index in [-0.39, 0.29) is 0 Å². The van der Waals surface area contributed by atoms with Crippen molar-refractivity contribution < 1.29 is 8.42 Å². The van der Waals surface area contributed by atoms with E-state index in [1.165, 1.54) is 22.7 Å². The molecule has 2 aromatic heterocycles. The molecule has 9 heteroatoms. The van der Waals surface area contributed by atoms with Crippen LogP contribution >= 0.6 is 54.5 Å². The van der Waals surface area contributed by atoms with Gasteiger partial charge in [-0.3, -0.25) is 0 Å². The molecule has 2 rings (SSSR count). The van der Waals surface area contributed by atoms with Gasteiger partial charge in [0.2, 0.25) is 10.0 Å². The monoisotopic (exact) mass is 472 g/mol. The standard InChI is InChI=1S/C12H14Br2N2O2S3/c1-2-15-6-9-5-10(12(14)20-9)21(17,18)16-7-8-3-4-11(13)19-8/h3-5,15-16H,2,6-7H2,1H3. The van der Waals surface area contributed by atoms with Gasteiger partial charge in [0.25, 0.3) is 0 Å². The lowest BCUT2D eigenvalue weighted by atomic mass is 10.4. The molecule has 0 atom stereocenters. The van der Waals surface area contributed by atoms with Crippen molar-refractivity contribution in [2.75, 3.05) is 6.54 Å². The largest absolute Gasteiger partial charge is 0.312 e. The molecule has 0 radical (unpaired) electrons. The van der Waals surface area contributed by atoms with Gasteiger partial charge in [0, 0.05) is 22.8 Å². The van der Waals surface area contributed by atoms with Gasteiger partial charge in [-0.25, -0.2) is 13.1 Å². The second-order valence-corrected chi connectivity index (χ2v) is 10.9. The molecule has 2 N–H and O–H groups in total. The van der Waals surface area contributed by atoms with Crippen molar-refractivity contribution >= 4 is 64.6 Å². The van der Waals surface area contributed by atoms with E-state index in [1.807, 2.05) is 19.1 Å². The second kappa shape index (κ2) is 7.67. The molecular weight excluding hydrogens is 460 g/mol. The van der Waals surface area contributed by atoms with Crippen LogP contribution in [0, 0.1) is 0 Å². The average molecular weight is 474 g/mol. The Morgan fingerprint density at radius 2 is 1.90 bits per heavy atom. The van der Waals surface area contributed by atoms with Crippen LogP contribution in [0.2, 0.25) is 0 Å². The molecule has 0 aromatic carbocycles. The summed E-state index contributed by atoms with van der Waals surface area (Å²) in [7, 11) is -3.51. The lowest BCUT2D eigenvalue weighted by Crippen LogP contribution is -2.22. The lowest BCUT2D eigenvalue weighted by Gasteiger charge is -2.04. The second-order valence-electron chi connectivity index (χ2n) is 4.16. The van der Waals surface area contributed by atoms with Gasteiger partial charge in [-0.15, -0.1) is 22.7 Å². The molecule has 2 heterocycles. The zero-order valence-corrected chi connectivity index (χ0v) is 16.8. The van der Waals surface area contributed by atoms with Crippen molar-refractivity contribution in [1.82, 2.24) is 10.0 Å². The van der Waals surface area contributed by atoms with Crippen LogP contribution < -0.4 is 10.0 Å². The van der Waals surface area contributed by atoms with Crippen LogP contribution in [0.1, 0.15) is 16.7 Å². The first-order valence-electron chi connectivity index (χ1n) is 6.15. The predicted octanol–water partition coefficient (Wildman–Crippen LogP) is 3.92. The maximum absolute atomic E-state index is 12.4. The van der Waals surface area contributed by atoms with E-state index >= 15 is 0 Å². The number of halogens is 2. The quantitative estimate of drug-likeness (QED) is 0.640. The molecule has 2 aromatic rings. The number of hydrogen-bond acceptors (Lipinski definition) is 5. The molecule has 0 bridgehead atoms. The number of nitrogens with one attached hydrogen (secondary N) is 2. The SMILES string of the molecule is CCNCc1cc(S(=O)(=O)NCc2ccc(Br)s2)c(Br)s1. The van der Waals surface area contributed by atoms with Crippen LogP contribution in [-0.4, -0.2) is 15.0 Å². The molecule has 0 unspecified atom stereocenters. The van der Waals surface area contributed by atoms with Crippen LogP contribution in [-0.2, 0) is 23.1 Å². The Morgan fingerprint density at radius 3 is 2.52 bits per heavy atom. The van der Waals surface area contributed by atoms with E-state index in [4.69, 9.17) is 0 Å². The molecule has 0 amide bonds. The molecule has 116 valence electrons. The Bertz CT molecular complexity index is 710. The van der Waals surface area contributed by atoms with Crippen LogP contribution in [0.5, 0.6) is 0 Å². The number of sulfonamides is 1. The van der Waals surface area contributed by atoms with Gasteiger partial charge < -0.3 is 5.32 Å². The predicted molar refractivity (Wildman–Crippen MR) is 95.4 cm³/mol. The minimum atomic E-state index is -3.51. The van der Waals surface area contributed by atoms with Crippen molar-refractivity contribution in [2.45, 2.75) is 24.9 Å². The van der Waals surface area contributed by atoms with Crippen molar-refractivity contribution in [3.05, 3.63) is 35.5 Å². The van der Waals surface area contributed by atoms with E-state index in [9.17, 15) is 8.42 Å². The van der Waals surface area contributed by atoms with E-state index in [0.29, 0.717) is 21.8 Å². The summed E-state index contributed by atoms with van der Waals surface area (Å²) < 4.78 is 29.0. The smallest absolute Gasteiger partial charge is 0.242 e. The van der Waals surface area contributed by atoms with Gasteiger partial charge in [-0.05, 0) is 56.6 Å². The summed E-state index contributed by atoms with van der Waals surface area (Å²) in [6, 6.07) is 5.52. The van der Waals surface area contributed by atoms with E-state index in [0.717, 1.165) is 20.1 Å². The topological polar surface area (TPSA) is 58.2 Å². The van der Waals surface area contributed by atoms with Crippen LogP contribution in [0.15, 0.2) is 30.7 Å². The first-order valence-corrected chi connectivity index (χ1v) is 10.9. The third-order valence-corrected chi connectivity index (χ3v) is 7.89. The minimum Gasteiger partial charge on any atom is -0.312 e. The highest BCUT2D eigenvalue weighted by atomic mass is 79.9. The molecule has 0 aliphatic rings. The molecule has 0 aliphatic carbocycles. The summed E-state index contributed by atoms with van der Waals surface area (Å²) in [5, 5.41) is 3.19. The van der Waals surface area contributed by atoms with Crippen LogP contribution in [0.25, 0.3) is 0 Å². The zero-order valence-electron chi connectivity index (χ0n) is 11.2. The first-order chi connectivity index (χ1) is 9.92. The molecule has 0 spiro atoms. The van der Waals surface area contributed by atoms with E-state index < -0.39 is 10.0 Å². The highest BCUT2D eigenvalue weighted by molar-refractivity contribution is 9.11. The lowest BCUT2D eigenvalue weighted by molar-refractivity contribution is 0.581. The summed E-state index contributed by atoms with van der Waals surface area (Å²) in [6.07, 6.45) is 0. The fourth-order valence-electron chi connectivity index (χ4n) is 1.61. The molecule has 0 fully saturated rings. The highest BCUT2D eigenvalue weighted by Crippen LogP contribution is 2.32. The summed E-state index contributed by atoms with van der Waals surface area (Å²) in [6.45, 7) is 3.83. The highest BCUT2D eigenvalue weighted by Gasteiger charge is 2.20. The van der Waals surface area contributed by atoms with Crippen molar-refractivity contribution in [1.29, 1.82) is 0 Å². The van der Waals surface area contributed by atoms with Gasteiger partial charge in [0.15, 0.2) is 0 Å². The van der Waals surface area contributed by atoms with Crippen LogP contribution in [0.4, 0.5) is 0 Å².